The summed E-state index contributed by atoms with van der Waals surface area (Å²) in [5.74, 6) is 0.950. The predicted octanol–water partition coefficient (Wildman–Crippen LogP) is 2.15. The first-order chi connectivity index (χ1) is 11.0. The lowest BCUT2D eigenvalue weighted by Crippen LogP contribution is -2.51. The van der Waals surface area contributed by atoms with Crippen LogP contribution in [0.5, 0.6) is 5.75 Å². The Balaban J connectivity index is 1.89. The van der Waals surface area contributed by atoms with Gasteiger partial charge in [-0.05, 0) is 37.5 Å². The summed E-state index contributed by atoms with van der Waals surface area (Å²) >= 11 is 0. The molecule has 5 nitrogen and oxygen atoms in total. The summed E-state index contributed by atoms with van der Waals surface area (Å²) in [5, 5.41) is 0. The van der Waals surface area contributed by atoms with Crippen molar-refractivity contribution in [2.45, 2.75) is 39.7 Å². The van der Waals surface area contributed by atoms with Gasteiger partial charge in [0.2, 0.25) is 5.91 Å². The van der Waals surface area contributed by atoms with E-state index in [-0.39, 0.29) is 5.91 Å². The zero-order chi connectivity index (χ0) is 16.8. The zero-order valence-electron chi connectivity index (χ0n) is 14.5. The second-order valence-corrected chi connectivity index (χ2v) is 6.32. The number of anilines is 1. The molecule has 1 unspecified atom stereocenters. The smallest absolute Gasteiger partial charge is 0.219 e. The molecule has 2 N–H and O–H groups in total. The molecule has 1 aliphatic rings. The lowest BCUT2D eigenvalue weighted by molar-refractivity contribution is -0.130. The third-order valence-corrected chi connectivity index (χ3v) is 4.45. The van der Waals surface area contributed by atoms with Gasteiger partial charge in [-0.2, -0.15) is 0 Å². The van der Waals surface area contributed by atoms with E-state index in [2.05, 4.69) is 24.8 Å². The van der Waals surface area contributed by atoms with Crippen molar-refractivity contribution in [1.29, 1.82) is 0 Å². The van der Waals surface area contributed by atoms with Crippen LogP contribution in [0.15, 0.2) is 18.2 Å². The van der Waals surface area contributed by atoms with Crippen LogP contribution >= 0.6 is 0 Å². The van der Waals surface area contributed by atoms with Crippen LogP contribution < -0.4 is 10.5 Å². The molecule has 0 aliphatic carbocycles. The van der Waals surface area contributed by atoms with E-state index in [1.54, 1.807) is 6.92 Å². The monoisotopic (exact) mass is 319 g/mol. The quantitative estimate of drug-likeness (QED) is 0.816. The number of rotatable bonds is 6. The Kier molecular flexibility index (Phi) is 6.28. The highest BCUT2D eigenvalue weighted by Gasteiger charge is 2.22. The van der Waals surface area contributed by atoms with Gasteiger partial charge in [-0.3, -0.25) is 9.69 Å². The normalized spacial score (nSPS) is 17.1. The molecule has 1 aromatic rings. The number of amides is 1. The van der Waals surface area contributed by atoms with Gasteiger partial charge in [-0.1, -0.05) is 13.0 Å². The molecule has 5 heteroatoms. The van der Waals surface area contributed by atoms with Crippen molar-refractivity contribution in [1.82, 2.24) is 9.80 Å². The molecule has 1 saturated heterocycles. The van der Waals surface area contributed by atoms with Gasteiger partial charge < -0.3 is 15.4 Å². The van der Waals surface area contributed by atoms with Crippen molar-refractivity contribution in [3.63, 3.8) is 0 Å². The highest BCUT2D eigenvalue weighted by molar-refractivity contribution is 5.73. The lowest BCUT2D eigenvalue weighted by atomic mass is 10.0. The van der Waals surface area contributed by atoms with E-state index >= 15 is 0 Å². The molecule has 1 heterocycles. The van der Waals surface area contributed by atoms with E-state index < -0.39 is 0 Å². The number of hydrogen-bond donors (Lipinski definition) is 1. The van der Waals surface area contributed by atoms with E-state index in [9.17, 15) is 4.79 Å². The summed E-state index contributed by atoms with van der Waals surface area (Å²) in [7, 11) is 0. The van der Waals surface area contributed by atoms with Crippen LogP contribution in [-0.2, 0) is 11.2 Å². The molecule has 0 radical (unpaired) electrons. The first kappa shape index (κ1) is 17.6. The van der Waals surface area contributed by atoms with E-state index in [1.807, 2.05) is 17.0 Å². The van der Waals surface area contributed by atoms with Gasteiger partial charge in [0, 0.05) is 39.1 Å². The van der Waals surface area contributed by atoms with Crippen molar-refractivity contribution in [2.24, 2.45) is 0 Å². The van der Waals surface area contributed by atoms with E-state index in [4.69, 9.17) is 10.5 Å². The summed E-state index contributed by atoms with van der Waals surface area (Å²) in [6.45, 7) is 10.2. The summed E-state index contributed by atoms with van der Waals surface area (Å²) in [6, 6.07) is 6.53. The Morgan fingerprint density at radius 3 is 2.57 bits per heavy atom. The van der Waals surface area contributed by atoms with Crippen LogP contribution in [0.3, 0.4) is 0 Å². The number of carbonyl (C=O) groups is 1. The van der Waals surface area contributed by atoms with Crippen molar-refractivity contribution in [2.75, 3.05) is 38.5 Å². The van der Waals surface area contributed by atoms with Gasteiger partial charge in [0.1, 0.15) is 5.75 Å². The molecule has 1 aromatic carbocycles. The summed E-state index contributed by atoms with van der Waals surface area (Å²) in [4.78, 5) is 15.8. The van der Waals surface area contributed by atoms with Crippen LogP contribution in [0.2, 0.25) is 0 Å². The molecule has 0 saturated carbocycles. The van der Waals surface area contributed by atoms with Crippen LogP contribution in [0.1, 0.15) is 32.8 Å². The van der Waals surface area contributed by atoms with Crippen molar-refractivity contribution in [3.8, 4) is 5.75 Å². The molecule has 128 valence electrons. The maximum atomic E-state index is 11.4. The van der Waals surface area contributed by atoms with Gasteiger partial charge in [-0.25, -0.2) is 0 Å². The molecule has 2 rings (SSSR count). The number of benzene rings is 1. The summed E-state index contributed by atoms with van der Waals surface area (Å²) in [6.07, 6.45) is 1.93. The van der Waals surface area contributed by atoms with Gasteiger partial charge in [0.05, 0.1) is 12.3 Å². The Hall–Kier alpha value is -1.75. The molecule has 1 amide bonds. The van der Waals surface area contributed by atoms with E-state index in [0.717, 1.165) is 44.8 Å². The number of nitrogen functional groups attached to an aromatic ring is 1. The average molecular weight is 319 g/mol. The Morgan fingerprint density at radius 2 is 2.00 bits per heavy atom. The van der Waals surface area contributed by atoms with Crippen molar-refractivity contribution in [3.05, 3.63) is 23.8 Å². The first-order valence-corrected chi connectivity index (χ1v) is 8.52. The molecule has 0 bridgehead atoms. The SMILES string of the molecule is CCCOc1ccc(CC(C)N2CCN(C(C)=O)CC2)cc1N. The number of nitrogens with zero attached hydrogens (tertiary/aromatic N) is 2. The molecule has 1 fully saturated rings. The van der Waals surface area contributed by atoms with Crippen molar-refractivity contribution < 1.29 is 9.53 Å². The largest absolute Gasteiger partial charge is 0.491 e. The second-order valence-electron chi connectivity index (χ2n) is 6.32. The number of ether oxygens (including phenoxy) is 1. The summed E-state index contributed by atoms with van der Waals surface area (Å²) in [5.41, 5.74) is 8.03. The molecular formula is C18H29N3O2. The average Bonchev–Trinajstić information content (AvgIpc) is 2.54. The van der Waals surface area contributed by atoms with Crippen LogP contribution in [0.25, 0.3) is 0 Å². The highest BCUT2D eigenvalue weighted by Crippen LogP contribution is 2.24. The maximum absolute atomic E-state index is 11.4. The molecule has 23 heavy (non-hydrogen) atoms. The number of nitrogens with two attached hydrogens (primary N) is 1. The third kappa shape index (κ3) is 4.86. The van der Waals surface area contributed by atoms with Crippen molar-refractivity contribution >= 4 is 11.6 Å². The number of carbonyl (C=O) groups excluding carboxylic acids is 1. The van der Waals surface area contributed by atoms with Gasteiger partial charge in [0.15, 0.2) is 0 Å². The lowest BCUT2D eigenvalue weighted by Gasteiger charge is -2.37. The maximum Gasteiger partial charge on any atom is 0.219 e. The fourth-order valence-corrected chi connectivity index (χ4v) is 3.02. The van der Waals surface area contributed by atoms with Crippen LogP contribution in [-0.4, -0.2) is 54.5 Å². The number of hydrogen-bond acceptors (Lipinski definition) is 4. The van der Waals surface area contributed by atoms with Gasteiger partial charge in [-0.15, -0.1) is 0 Å². The van der Waals surface area contributed by atoms with Crippen LogP contribution in [0, 0.1) is 0 Å². The molecule has 0 spiro atoms. The number of piperazine rings is 1. The zero-order valence-corrected chi connectivity index (χ0v) is 14.5. The molecule has 1 aliphatic heterocycles. The van der Waals surface area contributed by atoms with E-state index in [1.165, 1.54) is 5.56 Å². The fourth-order valence-electron chi connectivity index (χ4n) is 3.02. The predicted molar refractivity (Wildman–Crippen MR) is 93.6 cm³/mol. The van der Waals surface area contributed by atoms with Gasteiger partial charge in [0.25, 0.3) is 0 Å². The standard InChI is InChI=1S/C18H29N3O2/c1-4-11-23-18-6-5-16(13-17(18)19)12-14(2)20-7-9-21(10-8-20)15(3)22/h5-6,13-14H,4,7-12,19H2,1-3H3. The third-order valence-electron chi connectivity index (χ3n) is 4.45. The first-order valence-electron chi connectivity index (χ1n) is 8.52. The fraction of sp³-hybridized carbons (Fsp3) is 0.611. The Morgan fingerprint density at radius 1 is 1.30 bits per heavy atom. The Bertz CT molecular complexity index is 525. The Labute approximate surface area is 139 Å². The minimum atomic E-state index is 0.174. The highest BCUT2D eigenvalue weighted by atomic mass is 16.5. The summed E-state index contributed by atoms with van der Waals surface area (Å²) < 4.78 is 5.62. The van der Waals surface area contributed by atoms with Crippen LogP contribution in [0.4, 0.5) is 5.69 Å². The molecule has 0 aromatic heterocycles. The molecular weight excluding hydrogens is 290 g/mol. The molecule has 1 atom stereocenters. The minimum absolute atomic E-state index is 0.174. The second kappa shape index (κ2) is 8.20. The van der Waals surface area contributed by atoms with Gasteiger partial charge >= 0.3 is 0 Å². The van der Waals surface area contributed by atoms with E-state index in [0.29, 0.717) is 18.3 Å². The minimum Gasteiger partial charge on any atom is -0.491 e. The topological polar surface area (TPSA) is 58.8 Å².